The fourth-order valence-corrected chi connectivity index (χ4v) is 1.75. The maximum atomic E-state index is 2.53. The van der Waals surface area contributed by atoms with E-state index in [0.717, 1.165) is 6.04 Å². The minimum absolute atomic E-state index is 0.831. The summed E-state index contributed by atoms with van der Waals surface area (Å²) in [7, 11) is 4.37. The molecule has 2 nitrogen and oxygen atoms in total. The molecule has 0 spiro atoms. The molecule has 0 aromatic carbocycles. The Morgan fingerprint density at radius 1 is 1.15 bits per heavy atom. The molecule has 1 saturated heterocycles. The minimum Gasteiger partial charge on any atom is -0.306 e. The second kappa shape index (κ2) is 7.34. The molecule has 0 unspecified atom stereocenters. The summed E-state index contributed by atoms with van der Waals surface area (Å²) in [5, 5.41) is 0. The number of piperidine rings is 1. The molecule has 0 radical (unpaired) electrons. The van der Waals surface area contributed by atoms with Crippen LogP contribution in [0.4, 0.5) is 0 Å². The maximum Gasteiger partial charge on any atom is 0.0113 e. The Balaban J connectivity index is 0.000000671. The summed E-state index contributed by atoms with van der Waals surface area (Å²) >= 11 is 0. The third kappa shape index (κ3) is 4.63. The van der Waals surface area contributed by atoms with E-state index in [4.69, 9.17) is 0 Å². The van der Waals surface area contributed by atoms with Crippen molar-refractivity contribution >= 4 is 0 Å². The fraction of sp³-hybridized carbons (Fsp3) is 1.00. The third-order valence-corrected chi connectivity index (χ3v) is 2.73. The first-order chi connectivity index (χ1) is 6.24. The molecule has 0 bridgehead atoms. The van der Waals surface area contributed by atoms with Gasteiger partial charge in [0, 0.05) is 6.04 Å². The van der Waals surface area contributed by atoms with Crippen LogP contribution in [0.25, 0.3) is 0 Å². The highest BCUT2D eigenvalue weighted by Crippen LogP contribution is 2.13. The molecule has 2 heteroatoms. The third-order valence-electron chi connectivity index (χ3n) is 2.73. The van der Waals surface area contributed by atoms with Gasteiger partial charge < -0.3 is 9.80 Å². The molecule has 13 heavy (non-hydrogen) atoms. The van der Waals surface area contributed by atoms with Gasteiger partial charge in [-0.15, -0.1) is 0 Å². The molecule has 0 N–H and O–H groups in total. The van der Waals surface area contributed by atoms with Crippen LogP contribution < -0.4 is 0 Å². The van der Waals surface area contributed by atoms with Gasteiger partial charge in [-0.3, -0.25) is 0 Å². The molecule has 80 valence electrons. The Kier molecular flexibility index (Phi) is 7.29. The van der Waals surface area contributed by atoms with Crippen LogP contribution in [-0.4, -0.2) is 49.6 Å². The van der Waals surface area contributed by atoms with Crippen molar-refractivity contribution in [2.24, 2.45) is 0 Å². The van der Waals surface area contributed by atoms with Crippen LogP contribution in [0.5, 0.6) is 0 Å². The lowest BCUT2D eigenvalue weighted by Gasteiger charge is -2.34. The molecule has 1 heterocycles. The molecule has 0 aromatic heterocycles. The van der Waals surface area contributed by atoms with Crippen molar-refractivity contribution in [3.63, 3.8) is 0 Å². The summed E-state index contributed by atoms with van der Waals surface area (Å²) in [5.74, 6) is 0. The van der Waals surface area contributed by atoms with Gasteiger partial charge in [-0.25, -0.2) is 0 Å². The molecule has 1 rings (SSSR count). The number of hydrogen-bond acceptors (Lipinski definition) is 2. The van der Waals surface area contributed by atoms with Gasteiger partial charge >= 0.3 is 0 Å². The Hall–Kier alpha value is -0.0800. The van der Waals surface area contributed by atoms with E-state index in [9.17, 15) is 0 Å². The Labute approximate surface area is 83.9 Å². The van der Waals surface area contributed by atoms with Crippen molar-refractivity contribution in [3.05, 3.63) is 0 Å². The van der Waals surface area contributed by atoms with E-state index in [1.54, 1.807) is 0 Å². The van der Waals surface area contributed by atoms with Crippen LogP contribution in [-0.2, 0) is 0 Å². The van der Waals surface area contributed by atoms with Crippen molar-refractivity contribution in [2.45, 2.75) is 39.7 Å². The van der Waals surface area contributed by atoms with E-state index >= 15 is 0 Å². The molecule has 0 aliphatic carbocycles. The zero-order valence-corrected chi connectivity index (χ0v) is 10.0. The van der Waals surface area contributed by atoms with Crippen molar-refractivity contribution in [2.75, 3.05) is 33.7 Å². The molecule has 0 amide bonds. The first-order valence-corrected chi connectivity index (χ1v) is 5.62. The van der Waals surface area contributed by atoms with Gasteiger partial charge in [0.2, 0.25) is 0 Å². The quantitative estimate of drug-likeness (QED) is 0.651. The summed E-state index contributed by atoms with van der Waals surface area (Å²) in [6, 6.07) is 0.831. The lowest BCUT2D eigenvalue weighted by Crippen LogP contribution is -2.41. The van der Waals surface area contributed by atoms with Gasteiger partial charge in [-0.05, 0) is 46.6 Å². The summed E-state index contributed by atoms with van der Waals surface area (Å²) in [6.07, 6.45) is 2.70. The predicted octanol–water partition coefficient (Wildman–Crippen LogP) is 2.06. The monoisotopic (exact) mass is 186 g/mol. The standard InChI is InChI=1S/C9H20N2.C2H6/c1-4-11-7-5-9(6-8-11)10(2)3;1-2/h9H,4-8H2,1-3H3;1-2H3. The van der Waals surface area contributed by atoms with Gasteiger partial charge in [-0.2, -0.15) is 0 Å². The zero-order valence-electron chi connectivity index (χ0n) is 10.0. The number of nitrogens with zero attached hydrogens (tertiary/aromatic N) is 2. The highest BCUT2D eigenvalue weighted by molar-refractivity contribution is 4.75. The van der Waals surface area contributed by atoms with Crippen LogP contribution in [0.1, 0.15) is 33.6 Å². The van der Waals surface area contributed by atoms with Gasteiger partial charge in [0.25, 0.3) is 0 Å². The van der Waals surface area contributed by atoms with E-state index in [2.05, 4.69) is 30.8 Å². The predicted molar refractivity (Wildman–Crippen MR) is 60.2 cm³/mol. The summed E-state index contributed by atoms with van der Waals surface area (Å²) in [6.45, 7) is 10.1. The average molecular weight is 186 g/mol. The van der Waals surface area contributed by atoms with E-state index in [1.165, 1.54) is 32.5 Å². The van der Waals surface area contributed by atoms with Crippen molar-refractivity contribution in [1.29, 1.82) is 0 Å². The number of likely N-dealkylation sites (tertiary alicyclic amines) is 1. The van der Waals surface area contributed by atoms with Crippen molar-refractivity contribution in [3.8, 4) is 0 Å². The van der Waals surface area contributed by atoms with Crippen LogP contribution in [0.3, 0.4) is 0 Å². The normalized spacial score (nSPS) is 19.8. The van der Waals surface area contributed by atoms with E-state index in [1.807, 2.05) is 13.8 Å². The highest BCUT2D eigenvalue weighted by atomic mass is 15.2. The lowest BCUT2D eigenvalue weighted by molar-refractivity contribution is 0.150. The molecule has 1 fully saturated rings. The van der Waals surface area contributed by atoms with E-state index in [0.29, 0.717) is 0 Å². The van der Waals surface area contributed by atoms with E-state index in [-0.39, 0.29) is 0 Å². The molecule has 0 atom stereocenters. The second-order valence-corrected chi connectivity index (χ2v) is 3.63. The fourth-order valence-electron chi connectivity index (χ4n) is 1.75. The van der Waals surface area contributed by atoms with Gasteiger partial charge in [0.05, 0.1) is 0 Å². The van der Waals surface area contributed by atoms with Crippen LogP contribution in [0.2, 0.25) is 0 Å². The maximum absolute atomic E-state index is 2.53. The Morgan fingerprint density at radius 3 is 1.92 bits per heavy atom. The first kappa shape index (κ1) is 12.9. The number of rotatable bonds is 2. The molecule has 0 saturated carbocycles. The van der Waals surface area contributed by atoms with Gasteiger partial charge in [0.15, 0.2) is 0 Å². The van der Waals surface area contributed by atoms with Crippen LogP contribution >= 0.6 is 0 Å². The number of hydrogen-bond donors (Lipinski definition) is 0. The first-order valence-electron chi connectivity index (χ1n) is 5.62. The topological polar surface area (TPSA) is 6.48 Å². The zero-order chi connectivity index (χ0) is 10.3. The van der Waals surface area contributed by atoms with Crippen LogP contribution in [0.15, 0.2) is 0 Å². The lowest BCUT2D eigenvalue weighted by atomic mass is 10.0. The Morgan fingerprint density at radius 2 is 1.62 bits per heavy atom. The van der Waals surface area contributed by atoms with Gasteiger partial charge in [0.1, 0.15) is 0 Å². The summed E-state index contributed by atoms with van der Waals surface area (Å²) in [4.78, 5) is 4.88. The van der Waals surface area contributed by atoms with Crippen molar-refractivity contribution in [1.82, 2.24) is 9.80 Å². The molecule has 0 aromatic rings. The second-order valence-electron chi connectivity index (χ2n) is 3.63. The van der Waals surface area contributed by atoms with E-state index < -0.39 is 0 Å². The SMILES string of the molecule is CC.CCN1CCC(N(C)C)CC1. The molecule has 1 aliphatic rings. The van der Waals surface area contributed by atoms with Crippen molar-refractivity contribution < 1.29 is 0 Å². The highest BCUT2D eigenvalue weighted by Gasteiger charge is 2.18. The minimum atomic E-state index is 0.831. The summed E-state index contributed by atoms with van der Waals surface area (Å²) in [5.41, 5.74) is 0. The smallest absolute Gasteiger partial charge is 0.0113 e. The Bertz CT molecular complexity index is 105. The molecule has 1 aliphatic heterocycles. The largest absolute Gasteiger partial charge is 0.306 e. The average Bonchev–Trinajstić information content (AvgIpc) is 2.21. The van der Waals surface area contributed by atoms with Crippen LogP contribution in [0, 0.1) is 0 Å². The van der Waals surface area contributed by atoms with Gasteiger partial charge in [-0.1, -0.05) is 20.8 Å². The molecular formula is C11H26N2. The molecular weight excluding hydrogens is 160 g/mol. The summed E-state index contributed by atoms with van der Waals surface area (Å²) < 4.78 is 0.